The van der Waals surface area contributed by atoms with Crippen molar-refractivity contribution in [2.24, 2.45) is 0 Å². The second-order valence-corrected chi connectivity index (χ2v) is 6.99. The third-order valence-electron chi connectivity index (χ3n) is 5.08. The third-order valence-corrected chi connectivity index (χ3v) is 5.08. The molecule has 2 fully saturated rings. The Labute approximate surface area is 161 Å². The molecule has 2 heterocycles. The number of aliphatic carboxylic acids is 2. The molecule has 0 aromatic rings. The average molecular weight is 394 g/mol. The number of hydrogen-bond acceptors (Lipinski definition) is 8. The van der Waals surface area contributed by atoms with Gasteiger partial charge in [-0.1, -0.05) is 19.3 Å². The highest BCUT2D eigenvalue weighted by Gasteiger charge is 2.56. The molecule has 154 valence electrons. The number of carbonyl (C=O) groups is 6. The van der Waals surface area contributed by atoms with Gasteiger partial charge in [-0.05, 0) is 25.7 Å². The van der Waals surface area contributed by atoms with Gasteiger partial charge < -0.3 is 19.8 Å². The quantitative estimate of drug-likeness (QED) is 0.294. The molecule has 0 unspecified atom stereocenters. The Hall–Kier alpha value is -2.78. The van der Waals surface area contributed by atoms with Crippen LogP contribution in [-0.2, 0) is 28.8 Å². The van der Waals surface area contributed by atoms with Crippen LogP contribution >= 0.6 is 0 Å². The third kappa shape index (κ3) is 4.20. The van der Waals surface area contributed by atoms with Gasteiger partial charge >= 0.3 is 0 Å². The van der Waals surface area contributed by atoms with E-state index in [0.717, 1.165) is 0 Å². The number of carboxylic acids is 2. The monoisotopic (exact) mass is 394 g/mol. The molecule has 10 nitrogen and oxygen atoms in total. The maximum Gasteiger partial charge on any atom is 0.231 e. The predicted molar refractivity (Wildman–Crippen MR) is 87.2 cm³/mol. The summed E-state index contributed by atoms with van der Waals surface area (Å²) in [6.07, 6.45) is 1.11. The predicted octanol–water partition coefficient (Wildman–Crippen LogP) is -1.79. The molecular formula is C18H22N2O8-2. The number of amides is 4. The first kappa shape index (κ1) is 21.5. The Bertz CT molecular complexity index is 634. The van der Waals surface area contributed by atoms with Crippen LogP contribution in [0, 0.1) is 0 Å². The zero-order valence-corrected chi connectivity index (χ0v) is 15.4. The fourth-order valence-corrected chi connectivity index (χ4v) is 3.76. The Balaban J connectivity index is 2.18. The van der Waals surface area contributed by atoms with E-state index in [9.17, 15) is 39.0 Å². The Morgan fingerprint density at radius 1 is 0.714 bits per heavy atom. The van der Waals surface area contributed by atoms with Gasteiger partial charge in [0.15, 0.2) is 5.66 Å². The fraction of sp³-hybridized carbons (Fsp3) is 0.667. The number of rotatable bonds is 11. The largest absolute Gasteiger partial charge is 0.550 e. The van der Waals surface area contributed by atoms with Gasteiger partial charge in [0, 0.05) is 31.7 Å². The van der Waals surface area contributed by atoms with E-state index in [1.165, 1.54) is 0 Å². The molecule has 28 heavy (non-hydrogen) atoms. The van der Waals surface area contributed by atoms with E-state index in [1.54, 1.807) is 0 Å². The summed E-state index contributed by atoms with van der Waals surface area (Å²) in [5, 5.41) is 22.5. The number of nitrogens with zero attached hydrogens (tertiary/aromatic N) is 2. The van der Waals surface area contributed by atoms with Gasteiger partial charge in [0.25, 0.3) is 0 Å². The number of carboxylic acid groups (broad SMARTS) is 2. The SMILES string of the molecule is O=C([O-])CCCCCCCC(C(=O)[O-])(N1C(=O)CCC1=O)N1C(=O)CCC1=O. The van der Waals surface area contributed by atoms with Crippen LogP contribution in [0.25, 0.3) is 0 Å². The minimum atomic E-state index is -2.44. The average Bonchev–Trinajstić information content (AvgIpc) is 3.13. The molecule has 0 saturated carbocycles. The normalized spacial score (nSPS) is 17.7. The highest BCUT2D eigenvalue weighted by molar-refractivity contribution is 6.11. The minimum Gasteiger partial charge on any atom is -0.550 e. The highest BCUT2D eigenvalue weighted by Crippen LogP contribution is 2.35. The minimum absolute atomic E-state index is 0.0729. The van der Waals surface area contributed by atoms with E-state index in [2.05, 4.69) is 0 Å². The molecule has 2 rings (SSSR count). The lowest BCUT2D eigenvalue weighted by atomic mass is 9.96. The van der Waals surface area contributed by atoms with Crippen molar-refractivity contribution in [3.63, 3.8) is 0 Å². The number of likely N-dealkylation sites (tertiary alicyclic amines) is 2. The number of hydrogen-bond donors (Lipinski definition) is 0. The molecular weight excluding hydrogens is 372 g/mol. The first-order chi connectivity index (χ1) is 13.2. The van der Waals surface area contributed by atoms with Crippen LogP contribution in [0.5, 0.6) is 0 Å². The van der Waals surface area contributed by atoms with Crippen molar-refractivity contribution in [1.29, 1.82) is 0 Å². The smallest absolute Gasteiger partial charge is 0.231 e. The first-order valence-electron chi connectivity index (χ1n) is 9.35. The summed E-state index contributed by atoms with van der Waals surface area (Å²) in [4.78, 5) is 72.5. The topological polar surface area (TPSA) is 155 Å². The maximum absolute atomic E-state index is 12.2. The molecule has 0 N–H and O–H groups in total. The zero-order chi connectivity index (χ0) is 20.9. The molecule has 2 aliphatic heterocycles. The summed E-state index contributed by atoms with van der Waals surface area (Å²) in [5.41, 5.74) is -2.44. The molecule has 0 radical (unpaired) electrons. The maximum atomic E-state index is 12.2. The van der Waals surface area contributed by atoms with Crippen molar-refractivity contribution in [3.05, 3.63) is 0 Å². The summed E-state index contributed by atoms with van der Waals surface area (Å²) < 4.78 is 0. The van der Waals surface area contributed by atoms with Gasteiger partial charge in [-0.15, -0.1) is 0 Å². The summed E-state index contributed by atoms with van der Waals surface area (Å²) in [6, 6.07) is 0. The Morgan fingerprint density at radius 3 is 1.50 bits per heavy atom. The summed E-state index contributed by atoms with van der Waals surface area (Å²) >= 11 is 0. The van der Waals surface area contributed by atoms with Crippen molar-refractivity contribution in [2.75, 3.05) is 0 Å². The molecule has 0 atom stereocenters. The molecule has 10 heteroatoms. The molecule has 4 amide bonds. The second-order valence-electron chi connectivity index (χ2n) is 6.99. The number of unbranched alkanes of at least 4 members (excludes halogenated alkanes) is 4. The van der Waals surface area contributed by atoms with Crippen LogP contribution in [0.1, 0.15) is 70.6 Å². The van der Waals surface area contributed by atoms with Crippen molar-refractivity contribution in [1.82, 2.24) is 9.80 Å². The fourth-order valence-electron chi connectivity index (χ4n) is 3.76. The molecule has 0 spiro atoms. The van der Waals surface area contributed by atoms with Crippen molar-refractivity contribution >= 4 is 35.6 Å². The summed E-state index contributed by atoms with van der Waals surface area (Å²) in [7, 11) is 0. The standard InChI is InChI=1S/C18H24N2O8/c21-12-7-8-13(22)19(12)18(17(27)28,20-14(23)9-10-15(20)24)11-5-3-1-2-4-6-16(25)26/h1-11H2,(H,25,26)(H,27,28)/p-2. The zero-order valence-electron chi connectivity index (χ0n) is 15.4. The lowest BCUT2D eigenvalue weighted by Crippen LogP contribution is -2.71. The van der Waals surface area contributed by atoms with Crippen molar-refractivity contribution in [2.45, 2.75) is 76.3 Å². The molecule has 0 aromatic heterocycles. The lowest BCUT2D eigenvalue weighted by molar-refractivity contribution is -0.325. The van der Waals surface area contributed by atoms with Crippen LogP contribution in [0.15, 0.2) is 0 Å². The van der Waals surface area contributed by atoms with Crippen molar-refractivity contribution in [3.8, 4) is 0 Å². The van der Waals surface area contributed by atoms with Crippen LogP contribution in [0.2, 0.25) is 0 Å². The Kier molecular flexibility index (Phi) is 6.87. The number of imide groups is 2. The molecule has 0 bridgehead atoms. The summed E-state index contributed by atoms with van der Waals surface area (Å²) in [6.45, 7) is 0. The lowest BCUT2D eigenvalue weighted by Gasteiger charge is -2.46. The van der Waals surface area contributed by atoms with E-state index in [-0.39, 0.29) is 44.9 Å². The Morgan fingerprint density at radius 2 is 1.11 bits per heavy atom. The first-order valence-corrected chi connectivity index (χ1v) is 9.35. The molecule has 0 aliphatic carbocycles. The van der Waals surface area contributed by atoms with Gasteiger partial charge in [0.1, 0.15) is 0 Å². The van der Waals surface area contributed by atoms with Crippen LogP contribution in [0.3, 0.4) is 0 Å². The van der Waals surface area contributed by atoms with Gasteiger partial charge in [-0.2, -0.15) is 0 Å². The van der Waals surface area contributed by atoms with E-state index >= 15 is 0 Å². The van der Waals surface area contributed by atoms with E-state index in [1.807, 2.05) is 0 Å². The van der Waals surface area contributed by atoms with Crippen molar-refractivity contribution < 1.29 is 39.0 Å². The van der Waals surface area contributed by atoms with E-state index in [4.69, 9.17) is 0 Å². The van der Waals surface area contributed by atoms with E-state index in [0.29, 0.717) is 35.5 Å². The van der Waals surface area contributed by atoms with Crippen LogP contribution in [-0.4, -0.2) is 51.0 Å². The van der Waals surface area contributed by atoms with Gasteiger partial charge in [0.05, 0.1) is 5.97 Å². The second kappa shape index (κ2) is 8.94. The van der Waals surface area contributed by atoms with Gasteiger partial charge in [0.2, 0.25) is 23.6 Å². The van der Waals surface area contributed by atoms with Crippen LogP contribution in [0.4, 0.5) is 0 Å². The highest BCUT2D eigenvalue weighted by atomic mass is 16.4. The summed E-state index contributed by atoms with van der Waals surface area (Å²) in [5.74, 6) is -6.00. The molecule has 0 aromatic carbocycles. The molecule has 2 saturated heterocycles. The van der Waals surface area contributed by atoms with Gasteiger partial charge in [-0.25, -0.2) is 0 Å². The van der Waals surface area contributed by atoms with Gasteiger partial charge in [-0.3, -0.25) is 29.0 Å². The van der Waals surface area contributed by atoms with E-state index < -0.39 is 41.2 Å². The molecule has 2 aliphatic rings. The van der Waals surface area contributed by atoms with Crippen LogP contribution < -0.4 is 10.2 Å². The number of carbonyl (C=O) groups excluding carboxylic acids is 6.